The zero-order valence-electron chi connectivity index (χ0n) is 8.67. The lowest BCUT2D eigenvalue weighted by Crippen LogP contribution is -2.24. The van der Waals surface area contributed by atoms with Crippen molar-refractivity contribution in [3.63, 3.8) is 0 Å². The Kier molecular flexibility index (Phi) is 11.7. The van der Waals surface area contributed by atoms with Gasteiger partial charge >= 0.3 is 0 Å². The van der Waals surface area contributed by atoms with Crippen molar-refractivity contribution in [2.75, 3.05) is 53.2 Å². The topological polar surface area (TPSA) is 39.7 Å². The van der Waals surface area contributed by atoms with Crippen molar-refractivity contribution in [3.8, 4) is 0 Å². The summed E-state index contributed by atoms with van der Waals surface area (Å²) in [7, 11) is 1.69. The van der Waals surface area contributed by atoms with E-state index >= 15 is 0 Å². The molecule has 4 nitrogen and oxygen atoms in total. The standard InChI is InChI=1S/C9H21NO3/c1-3-12-8-9-13-7-5-10-4-6-11-2/h10H,3-9H2,1-2H3. The Balaban J connectivity index is 2.76. The molecule has 0 heterocycles. The molecule has 0 atom stereocenters. The number of nitrogens with one attached hydrogen (secondary N) is 1. The Bertz CT molecular complexity index is 80.9. The average Bonchev–Trinajstić information content (AvgIpc) is 2.16. The fraction of sp³-hybridized carbons (Fsp3) is 1.00. The molecule has 0 rings (SSSR count). The van der Waals surface area contributed by atoms with Crippen LogP contribution in [0, 0.1) is 0 Å². The summed E-state index contributed by atoms with van der Waals surface area (Å²) in [5.74, 6) is 0. The summed E-state index contributed by atoms with van der Waals surface area (Å²) in [5.41, 5.74) is 0. The third-order valence-corrected chi connectivity index (χ3v) is 1.48. The molecule has 0 bridgehead atoms. The minimum absolute atomic E-state index is 0.680. The normalized spacial score (nSPS) is 10.6. The van der Waals surface area contributed by atoms with Crippen LogP contribution in [0.5, 0.6) is 0 Å². The molecule has 0 aliphatic carbocycles. The van der Waals surface area contributed by atoms with Gasteiger partial charge in [-0.25, -0.2) is 0 Å². The summed E-state index contributed by atoms with van der Waals surface area (Å²) in [4.78, 5) is 0. The minimum atomic E-state index is 0.680. The predicted molar refractivity (Wildman–Crippen MR) is 52.1 cm³/mol. The summed E-state index contributed by atoms with van der Waals surface area (Å²) in [5, 5.41) is 3.19. The summed E-state index contributed by atoms with van der Waals surface area (Å²) in [6.07, 6.45) is 0. The van der Waals surface area contributed by atoms with Crippen molar-refractivity contribution in [3.05, 3.63) is 0 Å². The maximum absolute atomic E-state index is 5.29. The molecule has 0 spiro atoms. The van der Waals surface area contributed by atoms with Gasteiger partial charge in [0.05, 0.1) is 26.4 Å². The van der Waals surface area contributed by atoms with E-state index in [4.69, 9.17) is 14.2 Å². The molecule has 0 aromatic rings. The van der Waals surface area contributed by atoms with E-state index < -0.39 is 0 Å². The van der Waals surface area contributed by atoms with E-state index in [2.05, 4.69) is 5.32 Å². The second-order valence-electron chi connectivity index (χ2n) is 2.55. The third-order valence-electron chi connectivity index (χ3n) is 1.48. The molecule has 1 N–H and O–H groups in total. The molecule has 0 aromatic carbocycles. The van der Waals surface area contributed by atoms with Crippen LogP contribution in [0.4, 0.5) is 0 Å². The van der Waals surface area contributed by atoms with E-state index in [0.29, 0.717) is 13.2 Å². The molecule has 13 heavy (non-hydrogen) atoms. The highest BCUT2D eigenvalue weighted by molar-refractivity contribution is 4.44. The summed E-state index contributed by atoms with van der Waals surface area (Å²) < 4.78 is 15.3. The van der Waals surface area contributed by atoms with Gasteiger partial charge in [0.1, 0.15) is 0 Å². The molecule has 80 valence electrons. The molecule has 0 aliphatic heterocycles. The van der Waals surface area contributed by atoms with E-state index in [-0.39, 0.29) is 0 Å². The van der Waals surface area contributed by atoms with Crippen LogP contribution < -0.4 is 5.32 Å². The van der Waals surface area contributed by atoms with Gasteiger partial charge in [0.25, 0.3) is 0 Å². The highest BCUT2D eigenvalue weighted by Gasteiger charge is 1.88. The van der Waals surface area contributed by atoms with Crippen LogP contribution in [0.1, 0.15) is 6.92 Å². The molecular weight excluding hydrogens is 170 g/mol. The second kappa shape index (κ2) is 11.8. The van der Waals surface area contributed by atoms with Gasteiger partial charge in [-0.05, 0) is 6.92 Å². The SMILES string of the molecule is CCOCCOCCNCCOC. The van der Waals surface area contributed by atoms with Gasteiger partial charge in [-0.2, -0.15) is 0 Å². The first-order valence-corrected chi connectivity index (χ1v) is 4.77. The highest BCUT2D eigenvalue weighted by atomic mass is 16.5. The maximum atomic E-state index is 5.29. The first-order valence-electron chi connectivity index (χ1n) is 4.77. The number of hydrogen-bond donors (Lipinski definition) is 1. The predicted octanol–water partition coefficient (Wildman–Crippen LogP) is 0.276. The van der Waals surface area contributed by atoms with Crippen LogP contribution in [0.3, 0.4) is 0 Å². The van der Waals surface area contributed by atoms with Gasteiger partial charge < -0.3 is 19.5 Å². The summed E-state index contributed by atoms with van der Waals surface area (Å²) in [6, 6.07) is 0. The molecule has 0 fully saturated rings. The fourth-order valence-electron chi connectivity index (χ4n) is 0.808. The van der Waals surface area contributed by atoms with Crippen molar-refractivity contribution in [1.82, 2.24) is 5.32 Å². The van der Waals surface area contributed by atoms with Gasteiger partial charge in [0.2, 0.25) is 0 Å². The zero-order valence-corrected chi connectivity index (χ0v) is 8.67. The highest BCUT2D eigenvalue weighted by Crippen LogP contribution is 1.77. The number of hydrogen-bond acceptors (Lipinski definition) is 4. The van der Waals surface area contributed by atoms with Crippen LogP contribution in [0.2, 0.25) is 0 Å². The van der Waals surface area contributed by atoms with Gasteiger partial charge in [0.15, 0.2) is 0 Å². The lowest BCUT2D eigenvalue weighted by molar-refractivity contribution is 0.0535. The van der Waals surface area contributed by atoms with Crippen LogP contribution >= 0.6 is 0 Å². The van der Waals surface area contributed by atoms with Crippen molar-refractivity contribution < 1.29 is 14.2 Å². The number of rotatable bonds is 10. The van der Waals surface area contributed by atoms with Gasteiger partial charge in [0, 0.05) is 26.8 Å². The molecule has 0 aliphatic rings. The first-order chi connectivity index (χ1) is 6.41. The Morgan fingerprint density at radius 2 is 1.62 bits per heavy atom. The van der Waals surface area contributed by atoms with Crippen molar-refractivity contribution in [2.45, 2.75) is 6.92 Å². The van der Waals surface area contributed by atoms with E-state index in [9.17, 15) is 0 Å². The van der Waals surface area contributed by atoms with E-state index in [1.807, 2.05) is 6.92 Å². The minimum Gasteiger partial charge on any atom is -0.383 e. The van der Waals surface area contributed by atoms with Gasteiger partial charge in [-0.1, -0.05) is 0 Å². The van der Waals surface area contributed by atoms with Gasteiger partial charge in [-0.15, -0.1) is 0 Å². The largest absolute Gasteiger partial charge is 0.383 e. The Hall–Kier alpha value is -0.160. The Labute approximate surface area is 80.5 Å². The molecule has 0 unspecified atom stereocenters. The smallest absolute Gasteiger partial charge is 0.0701 e. The molecule has 4 heteroatoms. The quantitative estimate of drug-likeness (QED) is 0.503. The molecular formula is C9H21NO3. The lowest BCUT2D eigenvalue weighted by atomic mass is 10.6. The fourth-order valence-corrected chi connectivity index (χ4v) is 0.808. The molecule has 0 aromatic heterocycles. The van der Waals surface area contributed by atoms with Crippen molar-refractivity contribution >= 4 is 0 Å². The Morgan fingerprint density at radius 3 is 2.31 bits per heavy atom. The molecule has 0 saturated carbocycles. The number of ether oxygens (including phenoxy) is 3. The summed E-state index contributed by atoms with van der Waals surface area (Å²) >= 11 is 0. The summed E-state index contributed by atoms with van der Waals surface area (Å²) in [6.45, 7) is 7.34. The molecule has 0 radical (unpaired) electrons. The Morgan fingerprint density at radius 1 is 0.923 bits per heavy atom. The first kappa shape index (κ1) is 12.8. The second-order valence-corrected chi connectivity index (χ2v) is 2.55. The number of methoxy groups -OCH3 is 1. The van der Waals surface area contributed by atoms with Crippen LogP contribution in [0.15, 0.2) is 0 Å². The van der Waals surface area contributed by atoms with E-state index in [1.165, 1.54) is 0 Å². The maximum Gasteiger partial charge on any atom is 0.0701 e. The van der Waals surface area contributed by atoms with Crippen LogP contribution in [-0.2, 0) is 14.2 Å². The van der Waals surface area contributed by atoms with Crippen molar-refractivity contribution in [2.24, 2.45) is 0 Å². The molecule has 0 amide bonds. The average molecular weight is 191 g/mol. The monoisotopic (exact) mass is 191 g/mol. The van der Waals surface area contributed by atoms with E-state index in [1.54, 1.807) is 7.11 Å². The van der Waals surface area contributed by atoms with Crippen molar-refractivity contribution in [1.29, 1.82) is 0 Å². The van der Waals surface area contributed by atoms with Gasteiger partial charge in [-0.3, -0.25) is 0 Å². The van der Waals surface area contributed by atoms with Crippen LogP contribution in [0.25, 0.3) is 0 Å². The van der Waals surface area contributed by atoms with E-state index in [0.717, 1.165) is 32.9 Å². The third kappa shape index (κ3) is 11.8. The zero-order chi connectivity index (χ0) is 9.78. The molecule has 0 saturated heterocycles. The van der Waals surface area contributed by atoms with Crippen LogP contribution in [-0.4, -0.2) is 53.2 Å². The lowest BCUT2D eigenvalue weighted by Gasteiger charge is -2.05.